The van der Waals surface area contributed by atoms with Crippen LogP contribution in [0, 0.1) is 0 Å². The number of aromatic nitrogens is 1. The van der Waals surface area contributed by atoms with Gasteiger partial charge in [0, 0.05) is 6.04 Å². The standard InChI is InChI=1S/C11H20N4/c1-9(7-8-15(2)3)13-11-6-4-5-10(12)14-11/h4-6,9H,7-8H2,1-3H3,(H3,12,13,14). The van der Waals surface area contributed by atoms with E-state index < -0.39 is 0 Å². The first kappa shape index (κ1) is 11.8. The molecule has 84 valence electrons. The van der Waals surface area contributed by atoms with Gasteiger partial charge in [0.15, 0.2) is 0 Å². The zero-order valence-electron chi connectivity index (χ0n) is 9.70. The fourth-order valence-electron chi connectivity index (χ4n) is 1.31. The molecule has 0 saturated carbocycles. The van der Waals surface area contributed by atoms with Gasteiger partial charge in [-0.05, 0) is 46.1 Å². The number of rotatable bonds is 5. The molecule has 15 heavy (non-hydrogen) atoms. The maximum Gasteiger partial charge on any atom is 0.128 e. The molecule has 4 heteroatoms. The first-order valence-corrected chi connectivity index (χ1v) is 5.21. The van der Waals surface area contributed by atoms with Crippen LogP contribution in [-0.4, -0.2) is 36.6 Å². The maximum absolute atomic E-state index is 5.60. The molecule has 0 amide bonds. The molecule has 0 bridgehead atoms. The molecule has 3 N–H and O–H groups in total. The minimum atomic E-state index is 0.404. The Labute approximate surface area is 91.5 Å². The molecule has 0 aliphatic heterocycles. The normalized spacial score (nSPS) is 12.8. The van der Waals surface area contributed by atoms with E-state index in [4.69, 9.17) is 5.73 Å². The first-order valence-electron chi connectivity index (χ1n) is 5.21. The maximum atomic E-state index is 5.60. The number of nitrogens with zero attached hydrogens (tertiary/aromatic N) is 2. The van der Waals surface area contributed by atoms with Crippen LogP contribution in [0.25, 0.3) is 0 Å². The lowest BCUT2D eigenvalue weighted by molar-refractivity contribution is 0.390. The van der Waals surface area contributed by atoms with E-state index in [-0.39, 0.29) is 0 Å². The molecule has 0 saturated heterocycles. The van der Waals surface area contributed by atoms with E-state index in [0.29, 0.717) is 11.9 Å². The summed E-state index contributed by atoms with van der Waals surface area (Å²) >= 11 is 0. The molecular weight excluding hydrogens is 188 g/mol. The smallest absolute Gasteiger partial charge is 0.128 e. The average molecular weight is 208 g/mol. The number of hydrogen-bond acceptors (Lipinski definition) is 4. The van der Waals surface area contributed by atoms with Crippen molar-refractivity contribution in [3.8, 4) is 0 Å². The van der Waals surface area contributed by atoms with E-state index in [1.54, 1.807) is 6.07 Å². The van der Waals surface area contributed by atoms with Crippen LogP contribution >= 0.6 is 0 Å². The highest BCUT2D eigenvalue weighted by Gasteiger charge is 2.03. The predicted octanol–water partition coefficient (Wildman–Crippen LogP) is 1.42. The van der Waals surface area contributed by atoms with Crippen molar-refractivity contribution in [2.75, 3.05) is 31.7 Å². The average Bonchev–Trinajstić information content (AvgIpc) is 2.15. The summed E-state index contributed by atoms with van der Waals surface area (Å²) in [6, 6.07) is 6.03. The molecule has 0 spiro atoms. The molecule has 0 fully saturated rings. The van der Waals surface area contributed by atoms with Gasteiger partial charge in [0.25, 0.3) is 0 Å². The molecular formula is C11H20N4. The lowest BCUT2D eigenvalue weighted by atomic mass is 10.2. The summed E-state index contributed by atoms with van der Waals surface area (Å²) in [7, 11) is 4.15. The molecule has 1 aromatic rings. The van der Waals surface area contributed by atoms with Gasteiger partial charge < -0.3 is 16.0 Å². The van der Waals surface area contributed by atoms with Crippen molar-refractivity contribution in [3.63, 3.8) is 0 Å². The molecule has 1 rings (SSSR count). The SMILES string of the molecule is CC(CCN(C)C)Nc1cccc(N)n1. The van der Waals surface area contributed by atoms with Gasteiger partial charge in [0.05, 0.1) is 0 Å². The van der Waals surface area contributed by atoms with Gasteiger partial charge in [-0.25, -0.2) is 4.98 Å². The number of anilines is 2. The van der Waals surface area contributed by atoms with E-state index in [2.05, 4.69) is 36.2 Å². The molecule has 0 aromatic carbocycles. The van der Waals surface area contributed by atoms with Crippen molar-refractivity contribution >= 4 is 11.6 Å². The fourth-order valence-corrected chi connectivity index (χ4v) is 1.31. The summed E-state index contributed by atoms with van der Waals surface area (Å²) in [5, 5.41) is 3.32. The van der Waals surface area contributed by atoms with Crippen LogP contribution < -0.4 is 11.1 Å². The summed E-state index contributed by atoms with van der Waals surface area (Å²) in [6.45, 7) is 3.21. The highest BCUT2D eigenvalue weighted by molar-refractivity contribution is 5.42. The summed E-state index contributed by atoms with van der Waals surface area (Å²) in [4.78, 5) is 6.36. The number of pyridine rings is 1. The second kappa shape index (κ2) is 5.56. The van der Waals surface area contributed by atoms with Crippen molar-refractivity contribution in [2.45, 2.75) is 19.4 Å². The van der Waals surface area contributed by atoms with E-state index in [1.165, 1.54) is 0 Å². The minimum Gasteiger partial charge on any atom is -0.384 e. The monoisotopic (exact) mass is 208 g/mol. The van der Waals surface area contributed by atoms with Crippen LogP contribution in [0.1, 0.15) is 13.3 Å². The lowest BCUT2D eigenvalue weighted by Crippen LogP contribution is -2.23. The topological polar surface area (TPSA) is 54.2 Å². The molecule has 1 heterocycles. The van der Waals surface area contributed by atoms with Gasteiger partial charge in [-0.1, -0.05) is 6.07 Å². The van der Waals surface area contributed by atoms with Crippen molar-refractivity contribution in [3.05, 3.63) is 18.2 Å². The van der Waals surface area contributed by atoms with Crippen molar-refractivity contribution in [1.29, 1.82) is 0 Å². The Hall–Kier alpha value is -1.29. The van der Waals surface area contributed by atoms with Gasteiger partial charge in [-0.3, -0.25) is 0 Å². The third kappa shape index (κ3) is 4.65. The molecule has 0 aliphatic rings. The van der Waals surface area contributed by atoms with Crippen molar-refractivity contribution in [2.24, 2.45) is 0 Å². The Bertz CT molecular complexity index is 298. The van der Waals surface area contributed by atoms with Crippen LogP contribution in [0.2, 0.25) is 0 Å². The second-order valence-corrected chi connectivity index (χ2v) is 4.09. The van der Waals surface area contributed by atoms with Gasteiger partial charge in [-0.15, -0.1) is 0 Å². The summed E-state index contributed by atoms with van der Waals surface area (Å²) in [5.74, 6) is 1.40. The predicted molar refractivity (Wildman–Crippen MR) is 64.9 cm³/mol. The van der Waals surface area contributed by atoms with E-state index in [1.807, 2.05) is 12.1 Å². The Morgan fingerprint density at radius 3 is 2.80 bits per heavy atom. The zero-order valence-corrected chi connectivity index (χ0v) is 9.70. The molecule has 0 aliphatic carbocycles. The Balaban J connectivity index is 2.40. The fraction of sp³-hybridized carbons (Fsp3) is 0.545. The van der Waals surface area contributed by atoms with Crippen molar-refractivity contribution < 1.29 is 0 Å². The second-order valence-electron chi connectivity index (χ2n) is 4.09. The zero-order chi connectivity index (χ0) is 11.3. The highest BCUT2D eigenvalue weighted by Crippen LogP contribution is 2.08. The van der Waals surface area contributed by atoms with Crippen LogP contribution in [0.3, 0.4) is 0 Å². The van der Waals surface area contributed by atoms with Crippen LogP contribution in [0.15, 0.2) is 18.2 Å². The highest BCUT2D eigenvalue weighted by atomic mass is 15.1. The summed E-state index contributed by atoms with van der Waals surface area (Å²) < 4.78 is 0. The largest absolute Gasteiger partial charge is 0.384 e. The van der Waals surface area contributed by atoms with E-state index in [9.17, 15) is 0 Å². The Morgan fingerprint density at radius 1 is 1.47 bits per heavy atom. The van der Waals surface area contributed by atoms with Gasteiger partial charge in [0.1, 0.15) is 11.6 Å². The summed E-state index contributed by atoms with van der Waals surface area (Å²) in [6.07, 6.45) is 1.09. The lowest BCUT2D eigenvalue weighted by Gasteiger charge is -2.17. The Kier molecular flexibility index (Phi) is 4.37. The van der Waals surface area contributed by atoms with Crippen LogP contribution in [-0.2, 0) is 0 Å². The van der Waals surface area contributed by atoms with Gasteiger partial charge in [0.2, 0.25) is 0 Å². The van der Waals surface area contributed by atoms with Crippen LogP contribution in [0.4, 0.5) is 11.6 Å². The van der Waals surface area contributed by atoms with Crippen molar-refractivity contribution in [1.82, 2.24) is 9.88 Å². The quantitative estimate of drug-likeness (QED) is 0.768. The Morgan fingerprint density at radius 2 is 2.20 bits per heavy atom. The van der Waals surface area contributed by atoms with Gasteiger partial charge in [-0.2, -0.15) is 0 Å². The number of hydrogen-bond donors (Lipinski definition) is 2. The molecule has 0 radical (unpaired) electrons. The molecule has 1 atom stereocenters. The first-order chi connectivity index (χ1) is 7.08. The number of nitrogens with two attached hydrogens (primary N) is 1. The third-order valence-corrected chi connectivity index (χ3v) is 2.17. The van der Waals surface area contributed by atoms with E-state index in [0.717, 1.165) is 18.8 Å². The minimum absolute atomic E-state index is 0.404. The number of nitrogens with one attached hydrogen (secondary N) is 1. The summed E-state index contributed by atoms with van der Waals surface area (Å²) in [5.41, 5.74) is 5.60. The van der Waals surface area contributed by atoms with Crippen LogP contribution in [0.5, 0.6) is 0 Å². The van der Waals surface area contributed by atoms with Gasteiger partial charge >= 0.3 is 0 Å². The third-order valence-electron chi connectivity index (χ3n) is 2.17. The van der Waals surface area contributed by atoms with E-state index >= 15 is 0 Å². The molecule has 1 unspecified atom stereocenters. The molecule has 4 nitrogen and oxygen atoms in total. The molecule has 1 aromatic heterocycles. The number of nitrogen functional groups attached to an aromatic ring is 1.